The number of phenols is 1. The van der Waals surface area contributed by atoms with Crippen LogP contribution in [0.5, 0.6) is 23.0 Å². The number of methoxy groups -OCH3 is 3. The Morgan fingerprint density at radius 3 is 2.23 bits per heavy atom. The van der Waals surface area contributed by atoms with E-state index in [-0.39, 0.29) is 36.8 Å². The lowest BCUT2D eigenvalue weighted by Crippen LogP contribution is -2.42. The number of aliphatic hydroxyl groups is 1. The standard InChI is InChI=1S/C22H27N3O6/c1-29-15-10-12(11-16(30-2)21(15)31-3)20-17-18(13-6-4-5-7-14(13)27)23-24-19(17)22(28)25(20)8-9-26/h4-7,10-11,17-20,23-24,26-27H,8-9H2,1-3H3. The van der Waals surface area contributed by atoms with Gasteiger partial charge in [0.05, 0.1) is 40.0 Å². The van der Waals surface area contributed by atoms with E-state index in [1.165, 1.54) is 7.11 Å². The molecule has 9 nitrogen and oxygen atoms in total. The molecule has 4 rings (SSSR count). The average Bonchev–Trinajstić information content (AvgIpc) is 3.32. The number of nitrogens with one attached hydrogen (secondary N) is 2. The first-order valence-corrected chi connectivity index (χ1v) is 10.1. The van der Waals surface area contributed by atoms with Crippen molar-refractivity contribution in [1.29, 1.82) is 0 Å². The number of hydrazine groups is 1. The Kier molecular flexibility index (Phi) is 5.90. The van der Waals surface area contributed by atoms with Crippen molar-refractivity contribution in [1.82, 2.24) is 15.8 Å². The number of nitrogens with zero attached hydrogens (tertiary/aromatic N) is 1. The molecule has 2 aliphatic rings. The molecule has 2 heterocycles. The summed E-state index contributed by atoms with van der Waals surface area (Å²) < 4.78 is 16.5. The summed E-state index contributed by atoms with van der Waals surface area (Å²) in [6, 6.07) is 9.48. The normalized spacial score (nSPS) is 24.9. The first-order valence-electron chi connectivity index (χ1n) is 10.1. The van der Waals surface area contributed by atoms with E-state index in [1.807, 2.05) is 24.3 Å². The number of fused-ring (bicyclic) bond motifs is 1. The number of phenolic OH excluding ortho intramolecular Hbond substituents is 1. The number of rotatable bonds is 7. The minimum absolute atomic E-state index is 0.122. The van der Waals surface area contributed by atoms with Crippen molar-refractivity contribution in [3.05, 3.63) is 47.5 Å². The number of aliphatic hydroxyl groups excluding tert-OH is 1. The fourth-order valence-electron chi connectivity index (χ4n) is 4.75. The van der Waals surface area contributed by atoms with Crippen LogP contribution in [0.2, 0.25) is 0 Å². The number of hydrogen-bond donors (Lipinski definition) is 4. The SMILES string of the molecule is COc1cc(C2C3C(NNC3c3ccccc3O)C(=O)N2CCO)cc(OC)c1OC. The fourth-order valence-corrected chi connectivity index (χ4v) is 4.75. The highest BCUT2D eigenvalue weighted by Crippen LogP contribution is 2.50. The minimum atomic E-state index is -0.514. The van der Waals surface area contributed by atoms with Gasteiger partial charge in [-0.15, -0.1) is 0 Å². The Labute approximate surface area is 180 Å². The molecule has 0 aromatic heterocycles. The lowest BCUT2D eigenvalue weighted by atomic mass is 9.83. The van der Waals surface area contributed by atoms with Gasteiger partial charge < -0.3 is 29.3 Å². The number of hydrogen-bond acceptors (Lipinski definition) is 8. The van der Waals surface area contributed by atoms with Crippen molar-refractivity contribution in [2.24, 2.45) is 5.92 Å². The summed E-state index contributed by atoms with van der Waals surface area (Å²) in [6.07, 6.45) is 0. The highest BCUT2D eigenvalue weighted by molar-refractivity contribution is 5.86. The zero-order valence-electron chi connectivity index (χ0n) is 17.7. The van der Waals surface area contributed by atoms with Crippen LogP contribution in [0.15, 0.2) is 36.4 Å². The van der Waals surface area contributed by atoms with Crippen LogP contribution in [0.1, 0.15) is 23.2 Å². The predicted octanol–water partition coefficient (Wildman–Crippen LogP) is 1.13. The molecule has 166 valence electrons. The Morgan fingerprint density at radius 1 is 1.00 bits per heavy atom. The number of aromatic hydroxyl groups is 1. The molecule has 2 aromatic rings. The number of β-amino-alcohol motifs (C(OH)–C–C–N with tert-alkyl or cyclic N) is 1. The van der Waals surface area contributed by atoms with Crippen molar-refractivity contribution in [3.8, 4) is 23.0 Å². The van der Waals surface area contributed by atoms with Crippen LogP contribution in [0.4, 0.5) is 0 Å². The maximum Gasteiger partial charge on any atom is 0.242 e. The average molecular weight is 429 g/mol. The van der Waals surface area contributed by atoms with E-state index < -0.39 is 12.1 Å². The van der Waals surface area contributed by atoms with Gasteiger partial charge in [-0.2, -0.15) is 0 Å². The molecule has 31 heavy (non-hydrogen) atoms. The third kappa shape index (κ3) is 3.44. The molecule has 9 heteroatoms. The Balaban J connectivity index is 1.85. The largest absolute Gasteiger partial charge is 0.508 e. The summed E-state index contributed by atoms with van der Waals surface area (Å²) in [5.74, 6) is 1.20. The zero-order valence-corrected chi connectivity index (χ0v) is 17.7. The molecule has 4 N–H and O–H groups in total. The van der Waals surface area contributed by atoms with E-state index in [0.29, 0.717) is 22.8 Å². The molecule has 2 saturated heterocycles. The van der Waals surface area contributed by atoms with E-state index in [1.54, 1.807) is 31.3 Å². The first kappa shape index (κ1) is 21.2. The van der Waals surface area contributed by atoms with Crippen molar-refractivity contribution < 1.29 is 29.2 Å². The molecule has 0 bridgehead atoms. The quantitative estimate of drug-likeness (QED) is 0.518. The summed E-state index contributed by atoms with van der Waals surface area (Å²) >= 11 is 0. The van der Waals surface area contributed by atoms with Gasteiger partial charge >= 0.3 is 0 Å². The molecule has 4 atom stereocenters. The smallest absolute Gasteiger partial charge is 0.242 e. The summed E-state index contributed by atoms with van der Waals surface area (Å²) in [5.41, 5.74) is 7.75. The second-order valence-electron chi connectivity index (χ2n) is 7.54. The molecular formula is C22H27N3O6. The van der Waals surface area contributed by atoms with Crippen LogP contribution < -0.4 is 25.1 Å². The van der Waals surface area contributed by atoms with E-state index >= 15 is 0 Å². The summed E-state index contributed by atoms with van der Waals surface area (Å²) in [6.45, 7) is 0.0170. The second-order valence-corrected chi connectivity index (χ2v) is 7.54. The number of carbonyl (C=O) groups excluding carboxylic acids is 1. The van der Waals surface area contributed by atoms with Crippen molar-refractivity contribution >= 4 is 5.91 Å². The molecule has 0 radical (unpaired) electrons. The van der Waals surface area contributed by atoms with E-state index in [0.717, 1.165) is 5.56 Å². The minimum Gasteiger partial charge on any atom is -0.508 e. The second kappa shape index (κ2) is 8.62. The lowest BCUT2D eigenvalue weighted by Gasteiger charge is -2.31. The van der Waals surface area contributed by atoms with Gasteiger partial charge in [0.2, 0.25) is 11.7 Å². The van der Waals surface area contributed by atoms with Gasteiger partial charge in [0.25, 0.3) is 0 Å². The monoisotopic (exact) mass is 429 g/mol. The molecular weight excluding hydrogens is 402 g/mol. The van der Waals surface area contributed by atoms with E-state index in [4.69, 9.17) is 14.2 Å². The lowest BCUT2D eigenvalue weighted by molar-refractivity contribution is -0.131. The van der Waals surface area contributed by atoms with Crippen LogP contribution in [0.3, 0.4) is 0 Å². The molecule has 0 spiro atoms. The van der Waals surface area contributed by atoms with Crippen molar-refractivity contribution in [2.75, 3.05) is 34.5 Å². The fraction of sp³-hybridized carbons (Fsp3) is 0.409. The number of amides is 1. The van der Waals surface area contributed by atoms with E-state index in [9.17, 15) is 15.0 Å². The summed E-state index contributed by atoms with van der Waals surface area (Å²) in [4.78, 5) is 14.9. The van der Waals surface area contributed by atoms with Crippen molar-refractivity contribution in [3.63, 3.8) is 0 Å². The Morgan fingerprint density at radius 2 is 1.65 bits per heavy atom. The molecule has 2 aliphatic heterocycles. The summed E-state index contributed by atoms with van der Waals surface area (Å²) in [5, 5.41) is 20.1. The number of carbonyl (C=O) groups is 1. The highest BCUT2D eigenvalue weighted by atomic mass is 16.5. The van der Waals surface area contributed by atoms with Crippen LogP contribution in [-0.2, 0) is 4.79 Å². The molecule has 2 fully saturated rings. The van der Waals surface area contributed by atoms with Crippen LogP contribution >= 0.6 is 0 Å². The van der Waals surface area contributed by atoms with Gasteiger partial charge in [-0.25, -0.2) is 10.9 Å². The van der Waals surface area contributed by atoms with Crippen LogP contribution in [-0.4, -0.2) is 61.5 Å². The maximum absolute atomic E-state index is 13.2. The van der Waals surface area contributed by atoms with E-state index in [2.05, 4.69) is 10.9 Å². The Hall–Kier alpha value is -3.01. The predicted molar refractivity (Wildman–Crippen MR) is 112 cm³/mol. The van der Waals surface area contributed by atoms with Gasteiger partial charge in [-0.3, -0.25) is 4.79 Å². The number of para-hydroxylation sites is 1. The van der Waals surface area contributed by atoms with Crippen LogP contribution in [0.25, 0.3) is 0 Å². The van der Waals surface area contributed by atoms with Crippen molar-refractivity contribution in [2.45, 2.75) is 18.1 Å². The molecule has 2 aromatic carbocycles. The molecule has 1 amide bonds. The molecule has 0 aliphatic carbocycles. The van der Waals surface area contributed by atoms with Gasteiger partial charge in [-0.1, -0.05) is 18.2 Å². The third-order valence-corrected chi connectivity index (χ3v) is 6.05. The topological polar surface area (TPSA) is 113 Å². The molecule has 4 unspecified atom stereocenters. The third-order valence-electron chi connectivity index (χ3n) is 6.05. The number of benzene rings is 2. The van der Waals surface area contributed by atoms with Gasteiger partial charge in [0.1, 0.15) is 11.8 Å². The highest BCUT2D eigenvalue weighted by Gasteiger charge is 2.55. The first-order chi connectivity index (χ1) is 15.0. The number of likely N-dealkylation sites (tertiary alicyclic amines) is 1. The van der Waals surface area contributed by atoms with Gasteiger partial charge in [-0.05, 0) is 23.8 Å². The van der Waals surface area contributed by atoms with Crippen LogP contribution in [0, 0.1) is 5.92 Å². The zero-order chi connectivity index (χ0) is 22.1. The Bertz CT molecular complexity index is 943. The summed E-state index contributed by atoms with van der Waals surface area (Å²) in [7, 11) is 4.61. The van der Waals surface area contributed by atoms with Gasteiger partial charge in [0.15, 0.2) is 11.5 Å². The maximum atomic E-state index is 13.2. The molecule has 0 saturated carbocycles. The van der Waals surface area contributed by atoms with Gasteiger partial charge in [0, 0.05) is 18.0 Å². The number of ether oxygens (including phenoxy) is 3.